The van der Waals surface area contributed by atoms with Crippen LogP contribution in [0.1, 0.15) is 335 Å². The van der Waals surface area contributed by atoms with E-state index >= 15 is 0 Å². The third-order valence-corrected chi connectivity index (χ3v) is 16.4. The molecule has 0 radical (unpaired) electrons. The third-order valence-electron chi connectivity index (χ3n) is 15.4. The van der Waals surface area contributed by atoms with Gasteiger partial charge >= 0.3 is 19.8 Å². The molecule has 1 N–H and O–H groups in total. The van der Waals surface area contributed by atoms with Gasteiger partial charge in [-0.05, 0) is 51.4 Å². The van der Waals surface area contributed by atoms with Crippen molar-refractivity contribution in [2.24, 2.45) is 0 Å². The second-order valence-electron chi connectivity index (χ2n) is 24.5. The van der Waals surface area contributed by atoms with E-state index in [0.29, 0.717) is 23.9 Å². The van der Waals surface area contributed by atoms with E-state index in [9.17, 15) is 19.0 Å². The van der Waals surface area contributed by atoms with Crippen molar-refractivity contribution in [3.8, 4) is 0 Å². The molecule has 80 heavy (non-hydrogen) atoms. The number of phosphoric acid groups is 1. The molecule has 0 heterocycles. The van der Waals surface area contributed by atoms with E-state index in [0.717, 1.165) is 70.6 Å². The molecular formula is C70H133NO8P+. The van der Waals surface area contributed by atoms with E-state index in [4.69, 9.17) is 18.5 Å². The van der Waals surface area contributed by atoms with E-state index in [2.05, 4.69) is 62.5 Å². The summed E-state index contributed by atoms with van der Waals surface area (Å²) in [6.45, 7) is 4.37. The minimum Gasteiger partial charge on any atom is -0.462 e. The minimum absolute atomic E-state index is 0.0315. The predicted molar refractivity (Wildman–Crippen MR) is 344 cm³/mol. The lowest BCUT2D eigenvalue weighted by Crippen LogP contribution is -2.37. The summed E-state index contributed by atoms with van der Waals surface area (Å²) in [4.78, 5) is 35.8. The number of nitrogens with zero attached hydrogens (tertiary/aromatic N) is 1. The van der Waals surface area contributed by atoms with Gasteiger partial charge in [-0.2, -0.15) is 0 Å². The Morgan fingerprint density at radius 1 is 0.400 bits per heavy atom. The van der Waals surface area contributed by atoms with Crippen LogP contribution in [0.5, 0.6) is 0 Å². The lowest BCUT2D eigenvalue weighted by Gasteiger charge is -2.24. The van der Waals surface area contributed by atoms with Gasteiger partial charge in [0, 0.05) is 12.8 Å². The molecule has 0 aliphatic heterocycles. The van der Waals surface area contributed by atoms with Crippen molar-refractivity contribution in [1.82, 2.24) is 0 Å². The number of hydrogen-bond donors (Lipinski definition) is 1. The topological polar surface area (TPSA) is 108 Å². The quantitative estimate of drug-likeness (QED) is 0.0211. The van der Waals surface area contributed by atoms with Crippen LogP contribution in [0.2, 0.25) is 0 Å². The van der Waals surface area contributed by atoms with Gasteiger partial charge < -0.3 is 18.9 Å². The highest BCUT2D eigenvalue weighted by molar-refractivity contribution is 7.47. The highest BCUT2D eigenvalue weighted by Gasteiger charge is 2.27. The summed E-state index contributed by atoms with van der Waals surface area (Å²) < 4.78 is 34.7. The van der Waals surface area contributed by atoms with Gasteiger partial charge in [-0.3, -0.25) is 18.6 Å². The van der Waals surface area contributed by atoms with Gasteiger partial charge in [0.05, 0.1) is 27.7 Å². The molecule has 0 aromatic carbocycles. The standard InChI is InChI=1S/C70H132NO8P/c1-6-8-10-12-14-16-18-20-22-24-26-28-30-31-32-33-34-35-36-37-38-39-41-42-44-46-48-50-52-54-56-58-60-62-69(72)76-66-68(67-78-80(74,75)77-65-64-71(3,4)5)79-70(73)63-61-59-57-55-53-51-49-47-45-43-40-29-27-25-23-21-19-17-15-13-11-9-7-2/h9,11,15,17,21,23,27,29,68H,6-8,10,12-14,16,18-20,22,24-26,28,30-67H2,1-5H3/p+1/b11-9-,17-15-,23-21-,29-27-. The van der Waals surface area contributed by atoms with Crippen LogP contribution in [0, 0.1) is 0 Å². The lowest BCUT2D eigenvalue weighted by atomic mass is 10.0. The average Bonchev–Trinajstić information content (AvgIpc) is 3.42. The molecule has 0 bridgehead atoms. The number of hydrogen-bond acceptors (Lipinski definition) is 7. The normalized spacial score (nSPS) is 13.4. The molecule has 0 saturated carbocycles. The second kappa shape index (κ2) is 61.5. The zero-order chi connectivity index (χ0) is 58.4. The van der Waals surface area contributed by atoms with Crippen LogP contribution in [0.25, 0.3) is 0 Å². The highest BCUT2D eigenvalue weighted by Crippen LogP contribution is 2.43. The highest BCUT2D eigenvalue weighted by atomic mass is 31.2. The summed E-state index contributed by atoms with van der Waals surface area (Å²) >= 11 is 0. The number of allylic oxidation sites excluding steroid dienone is 8. The number of carbonyl (C=O) groups is 2. The monoisotopic (exact) mass is 1150 g/mol. The molecule has 0 aromatic heterocycles. The van der Waals surface area contributed by atoms with Crippen LogP contribution in [-0.2, 0) is 32.7 Å². The maximum absolute atomic E-state index is 12.9. The van der Waals surface area contributed by atoms with Crippen LogP contribution in [0.15, 0.2) is 48.6 Å². The molecule has 9 nitrogen and oxygen atoms in total. The fourth-order valence-corrected chi connectivity index (χ4v) is 10.9. The molecule has 10 heteroatoms. The number of carbonyl (C=O) groups excluding carboxylic acids is 2. The molecule has 0 spiro atoms. The predicted octanol–water partition coefficient (Wildman–Crippen LogP) is 22.1. The molecular weight excluding hydrogens is 1010 g/mol. The third kappa shape index (κ3) is 65.1. The van der Waals surface area contributed by atoms with Crippen molar-refractivity contribution in [3.05, 3.63) is 48.6 Å². The fourth-order valence-electron chi connectivity index (χ4n) is 10.1. The van der Waals surface area contributed by atoms with Crippen molar-refractivity contribution >= 4 is 19.8 Å². The Balaban J connectivity index is 3.98. The van der Waals surface area contributed by atoms with Crippen molar-refractivity contribution < 1.29 is 42.1 Å². The summed E-state index contributed by atoms with van der Waals surface area (Å²) in [5.41, 5.74) is 0. The maximum atomic E-state index is 12.9. The summed E-state index contributed by atoms with van der Waals surface area (Å²) in [7, 11) is 1.49. The number of quaternary nitrogens is 1. The smallest absolute Gasteiger partial charge is 0.462 e. The van der Waals surface area contributed by atoms with E-state index in [1.54, 1.807) is 0 Å². The molecule has 2 unspecified atom stereocenters. The summed E-state index contributed by atoms with van der Waals surface area (Å²) in [5, 5.41) is 0. The Bertz CT molecular complexity index is 1490. The van der Waals surface area contributed by atoms with Gasteiger partial charge in [0.2, 0.25) is 0 Å². The van der Waals surface area contributed by atoms with Gasteiger partial charge in [-0.1, -0.05) is 319 Å². The lowest BCUT2D eigenvalue weighted by molar-refractivity contribution is -0.870. The number of phosphoric ester groups is 1. The first kappa shape index (κ1) is 78.0. The van der Waals surface area contributed by atoms with Crippen molar-refractivity contribution in [1.29, 1.82) is 0 Å². The number of ether oxygens (including phenoxy) is 2. The summed E-state index contributed by atoms with van der Waals surface area (Å²) in [6.07, 6.45) is 79.4. The number of esters is 2. The Morgan fingerprint density at radius 2 is 0.713 bits per heavy atom. The number of likely N-dealkylation sites (N-methyl/N-ethyl adjacent to an activating group) is 1. The van der Waals surface area contributed by atoms with Crippen molar-refractivity contribution in [3.63, 3.8) is 0 Å². The van der Waals surface area contributed by atoms with Crippen molar-refractivity contribution in [2.75, 3.05) is 47.5 Å². The zero-order valence-electron chi connectivity index (χ0n) is 53.6. The van der Waals surface area contributed by atoms with Crippen LogP contribution < -0.4 is 0 Å². The molecule has 0 fully saturated rings. The van der Waals surface area contributed by atoms with Crippen LogP contribution >= 0.6 is 7.82 Å². The molecule has 0 rings (SSSR count). The maximum Gasteiger partial charge on any atom is 0.472 e. The van der Waals surface area contributed by atoms with Gasteiger partial charge in [-0.15, -0.1) is 0 Å². The number of rotatable bonds is 64. The largest absolute Gasteiger partial charge is 0.472 e. The molecule has 0 amide bonds. The number of unbranched alkanes of at least 4 members (excludes halogenated alkanes) is 42. The van der Waals surface area contributed by atoms with Crippen LogP contribution in [0.4, 0.5) is 0 Å². The average molecular weight is 1150 g/mol. The van der Waals surface area contributed by atoms with Crippen molar-refractivity contribution in [2.45, 2.75) is 341 Å². The molecule has 2 atom stereocenters. The molecule has 0 aliphatic carbocycles. The molecule has 470 valence electrons. The Labute approximate surface area is 496 Å². The SMILES string of the molecule is CC/C=C\C/C=C\C/C=C\C/C=C\CCCCCCCCCCCCC(=O)OC(COC(=O)CCCCCCCCCCCCCCCCCCCCCCCCCCCCCCCCCCC)COP(=O)(O)OCC[N+](C)(C)C. The van der Waals surface area contributed by atoms with Gasteiger partial charge in [0.15, 0.2) is 6.10 Å². The Morgan fingerprint density at radius 3 is 1.06 bits per heavy atom. The van der Waals surface area contributed by atoms with Crippen LogP contribution in [0.3, 0.4) is 0 Å². The molecule has 0 aliphatic rings. The Hall–Kier alpha value is -2.03. The minimum atomic E-state index is -4.39. The van der Waals surface area contributed by atoms with E-state index in [-0.39, 0.29) is 25.6 Å². The zero-order valence-corrected chi connectivity index (χ0v) is 54.5. The molecule has 0 saturated heterocycles. The van der Waals surface area contributed by atoms with Gasteiger partial charge in [0.25, 0.3) is 0 Å². The first-order valence-corrected chi connectivity index (χ1v) is 35.9. The first-order valence-electron chi connectivity index (χ1n) is 34.4. The fraction of sp³-hybridized carbons (Fsp3) is 0.857. The second-order valence-corrected chi connectivity index (χ2v) is 26.0. The van der Waals surface area contributed by atoms with Gasteiger partial charge in [0.1, 0.15) is 19.8 Å². The van der Waals surface area contributed by atoms with Gasteiger partial charge in [-0.25, -0.2) is 4.57 Å². The Kier molecular flexibility index (Phi) is 60.0. The van der Waals surface area contributed by atoms with E-state index in [1.807, 2.05) is 21.1 Å². The molecule has 0 aromatic rings. The van der Waals surface area contributed by atoms with E-state index < -0.39 is 26.5 Å². The first-order chi connectivity index (χ1) is 39.0. The summed E-state index contributed by atoms with van der Waals surface area (Å²) in [5.74, 6) is -0.787. The van der Waals surface area contributed by atoms with Crippen LogP contribution in [-0.4, -0.2) is 74.9 Å². The van der Waals surface area contributed by atoms with E-state index in [1.165, 1.54) is 231 Å². The summed E-state index contributed by atoms with van der Waals surface area (Å²) in [6, 6.07) is 0.